The molecule has 0 aliphatic rings. The molecule has 0 aliphatic heterocycles. The van der Waals surface area contributed by atoms with Crippen LogP contribution in [-0.2, 0) is 28.6 Å². The Morgan fingerprint density at radius 3 is 1.07 bits per heavy atom. The van der Waals surface area contributed by atoms with E-state index in [-0.39, 0.29) is 38.0 Å². The topological polar surface area (TPSA) is 78.9 Å². The number of carbonyl (C=O) groups excluding carboxylic acids is 3. The molecule has 0 bridgehead atoms. The second-order valence-electron chi connectivity index (χ2n) is 15.3. The normalized spacial score (nSPS) is 13.2. The monoisotopic (exact) mass is 843 g/mol. The number of unbranched alkanes of at least 4 members (excludes halogenated alkanes) is 10. The van der Waals surface area contributed by atoms with Crippen LogP contribution in [0.5, 0.6) is 0 Å². The largest absolute Gasteiger partial charge is 0.462 e. The summed E-state index contributed by atoms with van der Waals surface area (Å²) in [4.78, 5) is 37.8. The van der Waals surface area contributed by atoms with Gasteiger partial charge in [0.1, 0.15) is 13.2 Å². The van der Waals surface area contributed by atoms with Crippen LogP contribution < -0.4 is 0 Å². The van der Waals surface area contributed by atoms with Crippen molar-refractivity contribution < 1.29 is 28.6 Å². The summed E-state index contributed by atoms with van der Waals surface area (Å²) >= 11 is 0. The van der Waals surface area contributed by atoms with Gasteiger partial charge in [-0.3, -0.25) is 14.4 Å². The summed E-state index contributed by atoms with van der Waals surface area (Å²) in [7, 11) is 0. The number of hydrogen-bond acceptors (Lipinski definition) is 6. The maximum atomic E-state index is 12.7. The van der Waals surface area contributed by atoms with Crippen LogP contribution in [0.4, 0.5) is 0 Å². The molecule has 0 heterocycles. The summed E-state index contributed by atoms with van der Waals surface area (Å²) in [6.07, 6.45) is 66.3. The van der Waals surface area contributed by atoms with Crippen LogP contribution in [0.2, 0.25) is 0 Å². The van der Waals surface area contributed by atoms with Gasteiger partial charge in [0.25, 0.3) is 0 Å². The Morgan fingerprint density at radius 2 is 0.672 bits per heavy atom. The summed E-state index contributed by atoms with van der Waals surface area (Å²) in [6.45, 7) is 6.25. The Labute approximate surface area is 373 Å². The van der Waals surface area contributed by atoms with Crippen LogP contribution in [0.25, 0.3) is 0 Å². The SMILES string of the molecule is CC/C=C\C/C=C\C/C=C\C/C=C\C/C=C\CCCC(=O)OCC(COC(=O)CCCCCCCCCCCC)OC(=O)CC/C=C\C/C=C\C/C=C\C/C=C\C/C=C\CC. The van der Waals surface area contributed by atoms with E-state index in [9.17, 15) is 14.4 Å². The molecule has 0 amide bonds. The number of rotatable bonds is 41. The lowest BCUT2D eigenvalue weighted by atomic mass is 10.1. The van der Waals surface area contributed by atoms with Gasteiger partial charge in [0.2, 0.25) is 0 Å². The summed E-state index contributed by atoms with van der Waals surface area (Å²) in [5.41, 5.74) is 0. The average Bonchev–Trinajstić information content (AvgIpc) is 3.26. The number of ether oxygens (including phenoxy) is 3. The van der Waals surface area contributed by atoms with Gasteiger partial charge < -0.3 is 14.2 Å². The van der Waals surface area contributed by atoms with E-state index in [2.05, 4.69) is 130 Å². The van der Waals surface area contributed by atoms with Crippen LogP contribution >= 0.6 is 0 Å². The lowest BCUT2D eigenvalue weighted by molar-refractivity contribution is -0.166. The minimum Gasteiger partial charge on any atom is -0.462 e. The predicted octanol–water partition coefficient (Wildman–Crippen LogP) is 15.7. The van der Waals surface area contributed by atoms with Crippen molar-refractivity contribution in [2.24, 2.45) is 0 Å². The van der Waals surface area contributed by atoms with E-state index in [0.29, 0.717) is 19.3 Å². The van der Waals surface area contributed by atoms with Crippen LogP contribution in [0.3, 0.4) is 0 Å². The van der Waals surface area contributed by atoms with Gasteiger partial charge in [0.05, 0.1) is 0 Å². The van der Waals surface area contributed by atoms with Gasteiger partial charge in [-0.15, -0.1) is 0 Å². The summed E-state index contributed by atoms with van der Waals surface area (Å²) in [6, 6.07) is 0. The molecule has 6 nitrogen and oxygen atoms in total. The molecule has 0 saturated carbocycles. The van der Waals surface area contributed by atoms with Gasteiger partial charge in [-0.1, -0.05) is 200 Å². The zero-order valence-electron chi connectivity index (χ0n) is 38.9. The highest BCUT2D eigenvalue weighted by Gasteiger charge is 2.19. The molecule has 0 saturated heterocycles. The zero-order chi connectivity index (χ0) is 44.4. The predicted molar refractivity (Wildman–Crippen MR) is 260 cm³/mol. The van der Waals surface area contributed by atoms with E-state index in [1.165, 1.54) is 44.9 Å². The van der Waals surface area contributed by atoms with E-state index in [1.807, 2.05) is 12.2 Å². The molecule has 0 rings (SSSR count). The summed E-state index contributed by atoms with van der Waals surface area (Å²) in [5.74, 6) is -1.09. The number of carbonyl (C=O) groups is 3. The maximum absolute atomic E-state index is 12.7. The molecule has 1 atom stereocenters. The van der Waals surface area contributed by atoms with E-state index in [1.54, 1.807) is 0 Å². The van der Waals surface area contributed by atoms with Crippen molar-refractivity contribution >= 4 is 17.9 Å². The molecule has 0 aromatic carbocycles. The minimum atomic E-state index is -0.840. The van der Waals surface area contributed by atoms with Crippen molar-refractivity contribution in [1.29, 1.82) is 0 Å². The fourth-order valence-corrected chi connectivity index (χ4v) is 5.94. The third-order valence-corrected chi connectivity index (χ3v) is 9.48. The Balaban J connectivity index is 4.60. The van der Waals surface area contributed by atoms with Crippen molar-refractivity contribution in [3.63, 3.8) is 0 Å². The Morgan fingerprint density at radius 1 is 0.344 bits per heavy atom. The third-order valence-electron chi connectivity index (χ3n) is 9.48. The van der Waals surface area contributed by atoms with Crippen LogP contribution in [0, 0.1) is 0 Å². The van der Waals surface area contributed by atoms with Crippen molar-refractivity contribution in [1.82, 2.24) is 0 Å². The molecule has 6 heteroatoms. The van der Waals surface area contributed by atoms with Gasteiger partial charge in [-0.25, -0.2) is 0 Å². The average molecular weight is 843 g/mol. The first-order valence-corrected chi connectivity index (χ1v) is 24.0. The fraction of sp³-hybridized carbons (Fsp3) is 0.582. The minimum absolute atomic E-state index is 0.128. The first-order chi connectivity index (χ1) is 30.0. The second-order valence-corrected chi connectivity index (χ2v) is 15.3. The molecule has 0 N–H and O–H groups in total. The van der Waals surface area contributed by atoms with Crippen molar-refractivity contribution in [2.75, 3.05) is 13.2 Å². The van der Waals surface area contributed by atoms with Gasteiger partial charge in [-0.2, -0.15) is 0 Å². The summed E-state index contributed by atoms with van der Waals surface area (Å²) < 4.78 is 16.6. The highest BCUT2D eigenvalue weighted by atomic mass is 16.6. The molecule has 61 heavy (non-hydrogen) atoms. The quantitative estimate of drug-likeness (QED) is 0.0264. The molecular weight excluding hydrogens is 757 g/mol. The maximum Gasteiger partial charge on any atom is 0.306 e. The van der Waals surface area contributed by atoms with E-state index in [4.69, 9.17) is 14.2 Å². The molecule has 342 valence electrons. The zero-order valence-corrected chi connectivity index (χ0v) is 38.9. The van der Waals surface area contributed by atoms with Crippen LogP contribution in [-0.4, -0.2) is 37.2 Å². The molecule has 1 unspecified atom stereocenters. The first kappa shape index (κ1) is 56.8. The molecule has 0 aliphatic carbocycles. The number of esters is 3. The van der Waals surface area contributed by atoms with Crippen LogP contribution in [0.1, 0.15) is 188 Å². The molecule has 0 fully saturated rings. The van der Waals surface area contributed by atoms with E-state index >= 15 is 0 Å². The molecule has 0 aromatic rings. The molecule has 0 spiro atoms. The third kappa shape index (κ3) is 46.7. The lowest BCUT2D eigenvalue weighted by Crippen LogP contribution is -2.30. The van der Waals surface area contributed by atoms with Crippen molar-refractivity contribution in [3.8, 4) is 0 Å². The number of allylic oxidation sites excluding steroid dienone is 20. The van der Waals surface area contributed by atoms with Crippen molar-refractivity contribution in [3.05, 3.63) is 122 Å². The smallest absolute Gasteiger partial charge is 0.306 e. The number of hydrogen-bond donors (Lipinski definition) is 0. The van der Waals surface area contributed by atoms with Gasteiger partial charge in [0, 0.05) is 19.3 Å². The molecule has 0 aromatic heterocycles. The highest BCUT2D eigenvalue weighted by Crippen LogP contribution is 2.12. The molecule has 0 radical (unpaired) electrons. The Kier molecular flexibility index (Phi) is 45.1. The second kappa shape index (κ2) is 48.5. The van der Waals surface area contributed by atoms with E-state index < -0.39 is 12.1 Å². The van der Waals surface area contributed by atoms with Gasteiger partial charge in [-0.05, 0) is 89.9 Å². The Hall–Kier alpha value is -4.19. The van der Waals surface area contributed by atoms with E-state index in [0.717, 1.165) is 89.9 Å². The lowest BCUT2D eigenvalue weighted by Gasteiger charge is -2.18. The first-order valence-electron chi connectivity index (χ1n) is 24.0. The summed E-state index contributed by atoms with van der Waals surface area (Å²) in [5, 5.41) is 0. The standard InChI is InChI=1S/C55H86O6/c1-4-7-10-13-16-19-22-24-26-28-30-31-33-36-39-42-45-48-54(57)60-51-52(50-59-53(56)47-44-41-38-35-21-18-15-12-9-6-3)61-55(58)49-46-43-40-37-34-32-29-27-25-23-20-17-14-11-8-5-2/h7-8,10-11,16-17,19-20,24-27,30-32,34,36,39-40,43,52H,4-6,9,12-15,18,21-23,28-29,33,35,37-38,41-42,44-51H2,1-3H3/b10-7-,11-8-,19-16-,20-17-,26-24-,27-25-,31-30-,34-32-,39-36-,43-40-. The fourth-order valence-electron chi connectivity index (χ4n) is 5.94. The molecular formula is C55H86O6. The van der Waals surface area contributed by atoms with Crippen LogP contribution in [0.15, 0.2) is 122 Å². The van der Waals surface area contributed by atoms with Gasteiger partial charge >= 0.3 is 17.9 Å². The Bertz CT molecular complexity index is 1340. The van der Waals surface area contributed by atoms with Gasteiger partial charge in [0.15, 0.2) is 6.10 Å². The van der Waals surface area contributed by atoms with Crippen molar-refractivity contribution in [2.45, 2.75) is 194 Å². The highest BCUT2D eigenvalue weighted by molar-refractivity contribution is 5.71.